The molecule has 4 heteroatoms. The predicted molar refractivity (Wildman–Crippen MR) is 66.2 cm³/mol. The first-order chi connectivity index (χ1) is 7.47. The van der Waals surface area contributed by atoms with Gasteiger partial charge >= 0.3 is 0 Å². The fourth-order valence-corrected chi connectivity index (χ4v) is 1.55. The van der Waals surface area contributed by atoms with Crippen molar-refractivity contribution in [2.75, 3.05) is 0 Å². The molecule has 0 amide bonds. The van der Waals surface area contributed by atoms with Crippen molar-refractivity contribution in [1.82, 2.24) is 9.97 Å². The molecule has 84 valence electrons. The van der Waals surface area contributed by atoms with Crippen molar-refractivity contribution < 1.29 is 0 Å². The van der Waals surface area contributed by atoms with Crippen LogP contribution >= 0.6 is 11.6 Å². The Labute approximate surface area is 99.7 Å². The summed E-state index contributed by atoms with van der Waals surface area (Å²) in [5, 5.41) is 0.725. The molecule has 2 aromatic rings. The van der Waals surface area contributed by atoms with E-state index in [2.05, 4.69) is 9.97 Å². The first kappa shape index (κ1) is 11.2. The summed E-state index contributed by atoms with van der Waals surface area (Å²) >= 11 is 5.83. The van der Waals surface area contributed by atoms with Crippen LogP contribution in [-0.4, -0.2) is 9.97 Å². The van der Waals surface area contributed by atoms with Gasteiger partial charge in [-0.05, 0) is 31.5 Å². The number of hydrogen-bond donors (Lipinski definition) is 2. The van der Waals surface area contributed by atoms with Crippen LogP contribution in [0.1, 0.15) is 19.7 Å². The van der Waals surface area contributed by atoms with E-state index in [1.54, 1.807) is 6.20 Å². The maximum Gasteiger partial charge on any atom is 0.126 e. The molecule has 1 aromatic carbocycles. The zero-order chi connectivity index (χ0) is 11.8. The van der Waals surface area contributed by atoms with Gasteiger partial charge in [0.2, 0.25) is 0 Å². The number of nitrogens with one attached hydrogen (secondary N) is 1. The van der Waals surface area contributed by atoms with Gasteiger partial charge in [0.25, 0.3) is 0 Å². The number of aromatic amines is 1. The summed E-state index contributed by atoms with van der Waals surface area (Å²) in [6.45, 7) is 3.83. The smallest absolute Gasteiger partial charge is 0.126 e. The Morgan fingerprint density at radius 2 is 1.88 bits per heavy atom. The molecule has 1 heterocycles. The Morgan fingerprint density at radius 1 is 1.25 bits per heavy atom. The lowest BCUT2D eigenvalue weighted by atomic mass is 10.1. The molecule has 0 spiro atoms. The summed E-state index contributed by atoms with van der Waals surface area (Å²) in [5.74, 6) is 0.775. The maximum absolute atomic E-state index is 5.96. The summed E-state index contributed by atoms with van der Waals surface area (Å²) < 4.78 is 0. The van der Waals surface area contributed by atoms with Gasteiger partial charge in [0, 0.05) is 5.02 Å². The third-order valence-electron chi connectivity index (χ3n) is 2.34. The Balaban J connectivity index is 2.35. The van der Waals surface area contributed by atoms with Crippen LogP contribution in [0.25, 0.3) is 11.3 Å². The Bertz CT molecular complexity index is 480. The normalized spacial score (nSPS) is 11.8. The molecule has 0 atom stereocenters. The van der Waals surface area contributed by atoms with Crippen LogP contribution in [0.3, 0.4) is 0 Å². The molecule has 0 aliphatic carbocycles. The lowest BCUT2D eigenvalue weighted by Gasteiger charge is -2.14. The molecule has 1 aromatic heterocycles. The molecule has 0 bridgehead atoms. The molecular weight excluding hydrogens is 222 g/mol. The van der Waals surface area contributed by atoms with Crippen LogP contribution < -0.4 is 5.73 Å². The molecule has 0 aliphatic rings. The summed E-state index contributed by atoms with van der Waals surface area (Å²) in [7, 11) is 0. The average Bonchev–Trinajstić information content (AvgIpc) is 2.67. The summed E-state index contributed by atoms with van der Waals surface area (Å²) in [6.07, 6.45) is 1.78. The van der Waals surface area contributed by atoms with Gasteiger partial charge in [-0.25, -0.2) is 4.98 Å². The fraction of sp³-hybridized carbons (Fsp3) is 0.250. The number of imidazole rings is 1. The van der Waals surface area contributed by atoms with Gasteiger partial charge in [0.15, 0.2) is 0 Å². The van der Waals surface area contributed by atoms with E-state index in [9.17, 15) is 0 Å². The van der Waals surface area contributed by atoms with Crippen molar-refractivity contribution >= 4 is 11.6 Å². The number of halogens is 1. The molecule has 2 rings (SSSR count). The van der Waals surface area contributed by atoms with Crippen LogP contribution in [0.2, 0.25) is 5.02 Å². The highest BCUT2D eigenvalue weighted by Gasteiger charge is 2.18. The maximum atomic E-state index is 5.96. The Hall–Kier alpha value is -1.32. The van der Waals surface area contributed by atoms with Gasteiger partial charge in [-0.1, -0.05) is 23.7 Å². The standard InChI is InChI=1S/C12H14ClN3/c1-12(2,14)11-15-7-10(16-11)8-3-5-9(13)6-4-8/h3-7H,14H2,1-2H3,(H,15,16). The Kier molecular flexibility index (Phi) is 2.74. The highest BCUT2D eigenvalue weighted by molar-refractivity contribution is 6.30. The summed E-state index contributed by atoms with van der Waals surface area (Å²) in [6, 6.07) is 7.60. The van der Waals surface area contributed by atoms with E-state index in [0.29, 0.717) is 0 Å². The molecular formula is C12H14ClN3. The number of nitrogens with zero attached hydrogens (tertiary/aromatic N) is 1. The number of H-pyrrole nitrogens is 1. The monoisotopic (exact) mass is 235 g/mol. The number of rotatable bonds is 2. The number of nitrogens with two attached hydrogens (primary N) is 1. The minimum atomic E-state index is -0.454. The van der Waals surface area contributed by atoms with E-state index in [0.717, 1.165) is 22.1 Å². The number of aromatic nitrogens is 2. The molecule has 0 radical (unpaired) electrons. The summed E-state index contributed by atoms with van der Waals surface area (Å²) in [5.41, 5.74) is 7.50. The van der Waals surface area contributed by atoms with Gasteiger partial charge < -0.3 is 10.7 Å². The lowest BCUT2D eigenvalue weighted by molar-refractivity contribution is 0.520. The SMILES string of the molecule is CC(C)(N)c1ncc(-c2ccc(Cl)cc2)[nH]1. The van der Waals surface area contributed by atoms with Gasteiger partial charge in [0.05, 0.1) is 17.4 Å². The highest BCUT2D eigenvalue weighted by atomic mass is 35.5. The molecule has 0 unspecified atom stereocenters. The second kappa shape index (κ2) is 3.92. The van der Waals surface area contributed by atoms with Crippen molar-refractivity contribution in [3.8, 4) is 11.3 Å². The number of benzene rings is 1. The van der Waals surface area contributed by atoms with Crippen molar-refractivity contribution in [3.63, 3.8) is 0 Å². The quantitative estimate of drug-likeness (QED) is 0.841. The molecule has 0 fully saturated rings. The lowest BCUT2D eigenvalue weighted by Crippen LogP contribution is -2.30. The van der Waals surface area contributed by atoms with E-state index >= 15 is 0 Å². The van der Waals surface area contributed by atoms with Crippen molar-refractivity contribution in [1.29, 1.82) is 0 Å². The van der Waals surface area contributed by atoms with E-state index in [4.69, 9.17) is 17.3 Å². The molecule has 3 N–H and O–H groups in total. The van der Waals surface area contributed by atoms with Gasteiger partial charge in [-0.2, -0.15) is 0 Å². The molecule has 0 aliphatic heterocycles. The molecule has 16 heavy (non-hydrogen) atoms. The minimum Gasteiger partial charge on any atom is -0.340 e. The largest absolute Gasteiger partial charge is 0.340 e. The van der Waals surface area contributed by atoms with E-state index in [-0.39, 0.29) is 0 Å². The Morgan fingerprint density at radius 3 is 2.38 bits per heavy atom. The van der Waals surface area contributed by atoms with Crippen molar-refractivity contribution in [2.24, 2.45) is 5.73 Å². The molecule has 0 saturated heterocycles. The van der Waals surface area contributed by atoms with Crippen molar-refractivity contribution in [2.45, 2.75) is 19.4 Å². The van der Waals surface area contributed by atoms with E-state index in [1.165, 1.54) is 0 Å². The van der Waals surface area contributed by atoms with E-state index in [1.807, 2.05) is 38.1 Å². The summed E-state index contributed by atoms with van der Waals surface area (Å²) in [4.78, 5) is 7.48. The van der Waals surface area contributed by atoms with Gasteiger partial charge in [-0.3, -0.25) is 0 Å². The third kappa shape index (κ3) is 2.26. The first-order valence-corrected chi connectivity index (χ1v) is 5.45. The third-order valence-corrected chi connectivity index (χ3v) is 2.59. The average molecular weight is 236 g/mol. The molecule has 3 nitrogen and oxygen atoms in total. The van der Waals surface area contributed by atoms with E-state index < -0.39 is 5.54 Å². The predicted octanol–water partition coefficient (Wildman–Crippen LogP) is 2.92. The topological polar surface area (TPSA) is 54.7 Å². The van der Waals surface area contributed by atoms with Crippen molar-refractivity contribution in [3.05, 3.63) is 41.3 Å². The molecule has 0 saturated carbocycles. The fourth-order valence-electron chi connectivity index (χ4n) is 1.42. The van der Waals surface area contributed by atoms with Crippen LogP contribution in [-0.2, 0) is 5.54 Å². The minimum absolute atomic E-state index is 0.454. The zero-order valence-corrected chi connectivity index (χ0v) is 10.0. The van der Waals surface area contributed by atoms with Crippen LogP contribution in [0.5, 0.6) is 0 Å². The zero-order valence-electron chi connectivity index (χ0n) is 9.29. The van der Waals surface area contributed by atoms with Gasteiger partial charge in [-0.15, -0.1) is 0 Å². The number of hydrogen-bond acceptors (Lipinski definition) is 2. The van der Waals surface area contributed by atoms with Gasteiger partial charge in [0.1, 0.15) is 5.82 Å². The van der Waals surface area contributed by atoms with Crippen LogP contribution in [0.15, 0.2) is 30.5 Å². The van der Waals surface area contributed by atoms with Crippen LogP contribution in [0.4, 0.5) is 0 Å². The first-order valence-electron chi connectivity index (χ1n) is 5.07. The van der Waals surface area contributed by atoms with Crippen LogP contribution in [0, 0.1) is 0 Å². The second-order valence-corrected chi connectivity index (χ2v) is 4.81. The highest BCUT2D eigenvalue weighted by Crippen LogP contribution is 2.22. The second-order valence-electron chi connectivity index (χ2n) is 4.37.